The maximum absolute atomic E-state index is 11.8. The van der Waals surface area contributed by atoms with Gasteiger partial charge in [0.1, 0.15) is 5.82 Å². The van der Waals surface area contributed by atoms with Crippen LogP contribution in [0.25, 0.3) is 0 Å². The molecule has 0 atom stereocenters. The molecule has 1 aromatic heterocycles. The van der Waals surface area contributed by atoms with Crippen molar-refractivity contribution in [2.75, 3.05) is 27.2 Å². The molecule has 0 saturated carbocycles. The lowest BCUT2D eigenvalue weighted by Gasteiger charge is -2.34. The third-order valence-electron chi connectivity index (χ3n) is 4.64. The number of likely N-dealkylation sites (tertiary alicyclic amines) is 1. The number of piperidine rings is 1. The molecule has 1 saturated heterocycles. The average Bonchev–Trinajstić information content (AvgIpc) is 2.52. The maximum atomic E-state index is 11.8. The summed E-state index contributed by atoms with van der Waals surface area (Å²) in [4.78, 5) is 25.3. The number of carbonyl (C=O) groups is 1. The highest BCUT2D eigenvalue weighted by Gasteiger charge is 2.24. The summed E-state index contributed by atoms with van der Waals surface area (Å²) >= 11 is 0. The zero-order valence-corrected chi connectivity index (χ0v) is 15.2. The van der Waals surface area contributed by atoms with Crippen LogP contribution in [0.2, 0.25) is 0 Å². The van der Waals surface area contributed by atoms with Crippen molar-refractivity contribution >= 4 is 5.91 Å². The van der Waals surface area contributed by atoms with Crippen LogP contribution in [0, 0.1) is 6.92 Å². The molecule has 2 rings (SSSR count). The highest BCUT2D eigenvalue weighted by molar-refractivity contribution is 5.75. The van der Waals surface area contributed by atoms with E-state index in [1.165, 1.54) is 0 Å². The fourth-order valence-electron chi connectivity index (χ4n) is 3.10. The van der Waals surface area contributed by atoms with Gasteiger partial charge in [-0.05, 0) is 59.2 Å². The zero-order chi connectivity index (χ0) is 17.0. The molecular formula is C18H30N4O. The Labute approximate surface area is 140 Å². The van der Waals surface area contributed by atoms with E-state index in [1.54, 1.807) is 19.0 Å². The molecular weight excluding hydrogens is 288 g/mol. The molecule has 128 valence electrons. The first-order valence-corrected chi connectivity index (χ1v) is 8.65. The van der Waals surface area contributed by atoms with Gasteiger partial charge in [0.15, 0.2) is 0 Å². The predicted octanol–water partition coefficient (Wildman–Crippen LogP) is 2.39. The number of aryl methyl sites for hydroxylation is 2. The van der Waals surface area contributed by atoms with Gasteiger partial charge in [0.25, 0.3) is 0 Å². The molecule has 1 aliphatic heterocycles. The Hall–Kier alpha value is -1.49. The maximum Gasteiger partial charge on any atom is 0.222 e. The number of nitrogens with zero attached hydrogens (tertiary/aromatic N) is 4. The van der Waals surface area contributed by atoms with Gasteiger partial charge in [-0.15, -0.1) is 0 Å². The van der Waals surface area contributed by atoms with Gasteiger partial charge in [0.05, 0.1) is 0 Å². The molecule has 0 aromatic carbocycles. The van der Waals surface area contributed by atoms with Crippen LogP contribution in [0.4, 0.5) is 0 Å². The van der Waals surface area contributed by atoms with Crippen molar-refractivity contribution in [3.05, 3.63) is 23.3 Å². The fraction of sp³-hybridized carbons (Fsp3) is 0.722. The molecule has 1 amide bonds. The lowest BCUT2D eigenvalue weighted by molar-refractivity contribution is -0.128. The van der Waals surface area contributed by atoms with E-state index in [0.29, 0.717) is 24.8 Å². The van der Waals surface area contributed by atoms with Crippen LogP contribution >= 0.6 is 0 Å². The predicted molar refractivity (Wildman–Crippen MR) is 92.5 cm³/mol. The van der Waals surface area contributed by atoms with Crippen molar-refractivity contribution in [3.8, 4) is 0 Å². The van der Waals surface area contributed by atoms with Gasteiger partial charge >= 0.3 is 0 Å². The van der Waals surface area contributed by atoms with E-state index < -0.39 is 0 Å². The summed E-state index contributed by atoms with van der Waals surface area (Å²) in [7, 11) is 3.59. The molecule has 5 heteroatoms. The average molecular weight is 318 g/mol. The number of rotatable bonds is 5. The van der Waals surface area contributed by atoms with Crippen molar-refractivity contribution in [3.63, 3.8) is 0 Å². The monoisotopic (exact) mass is 318 g/mol. The molecule has 0 unspecified atom stereocenters. The van der Waals surface area contributed by atoms with Gasteiger partial charge in [-0.1, -0.05) is 0 Å². The Morgan fingerprint density at radius 2 is 1.96 bits per heavy atom. The van der Waals surface area contributed by atoms with Gasteiger partial charge < -0.3 is 9.80 Å². The Morgan fingerprint density at radius 1 is 1.30 bits per heavy atom. The Kier molecular flexibility index (Phi) is 6.10. The smallest absolute Gasteiger partial charge is 0.222 e. The van der Waals surface area contributed by atoms with Crippen LogP contribution in [0.3, 0.4) is 0 Å². The summed E-state index contributed by atoms with van der Waals surface area (Å²) in [5, 5.41) is 0. The number of carbonyl (C=O) groups excluding carboxylic acids is 1. The second-order valence-corrected chi connectivity index (χ2v) is 7.05. The van der Waals surface area contributed by atoms with Crippen LogP contribution in [-0.2, 0) is 11.2 Å². The molecule has 0 radical (unpaired) electrons. The van der Waals surface area contributed by atoms with Gasteiger partial charge in [0, 0.05) is 43.9 Å². The van der Waals surface area contributed by atoms with Crippen molar-refractivity contribution in [1.29, 1.82) is 0 Å². The standard InChI is InChI=1S/C18H30N4O/c1-13(2)22-10-8-15(9-11-22)18-19-14(3)12-16(20-18)6-7-17(23)21(4)5/h12-13,15H,6-11H2,1-5H3. The highest BCUT2D eigenvalue weighted by Crippen LogP contribution is 2.27. The first kappa shape index (κ1) is 17.9. The zero-order valence-electron chi connectivity index (χ0n) is 15.2. The Balaban J connectivity index is 2.02. The number of aromatic nitrogens is 2. The summed E-state index contributed by atoms with van der Waals surface area (Å²) in [6, 6.07) is 2.62. The van der Waals surface area contributed by atoms with Gasteiger partial charge in [-0.3, -0.25) is 4.79 Å². The van der Waals surface area contributed by atoms with Crippen LogP contribution in [0.5, 0.6) is 0 Å². The summed E-state index contributed by atoms with van der Waals surface area (Å²) in [6.45, 7) is 8.76. The van der Waals surface area contributed by atoms with Crippen molar-refractivity contribution in [2.45, 2.75) is 58.4 Å². The van der Waals surface area contributed by atoms with Gasteiger partial charge in [0.2, 0.25) is 5.91 Å². The van der Waals surface area contributed by atoms with E-state index in [4.69, 9.17) is 4.98 Å². The number of hydrogen-bond acceptors (Lipinski definition) is 4. The minimum atomic E-state index is 0.146. The first-order chi connectivity index (χ1) is 10.9. The van der Waals surface area contributed by atoms with Gasteiger partial charge in [-0.2, -0.15) is 0 Å². The van der Waals surface area contributed by atoms with E-state index in [-0.39, 0.29) is 5.91 Å². The molecule has 2 heterocycles. The van der Waals surface area contributed by atoms with E-state index in [0.717, 1.165) is 43.1 Å². The molecule has 1 fully saturated rings. The van der Waals surface area contributed by atoms with Crippen molar-refractivity contribution < 1.29 is 4.79 Å². The second kappa shape index (κ2) is 7.86. The second-order valence-electron chi connectivity index (χ2n) is 7.05. The Morgan fingerprint density at radius 3 is 2.52 bits per heavy atom. The topological polar surface area (TPSA) is 49.3 Å². The van der Waals surface area contributed by atoms with E-state index in [2.05, 4.69) is 23.7 Å². The largest absolute Gasteiger partial charge is 0.349 e. The van der Waals surface area contributed by atoms with Crippen LogP contribution in [-0.4, -0.2) is 58.9 Å². The Bertz CT molecular complexity index is 534. The minimum Gasteiger partial charge on any atom is -0.349 e. The number of amides is 1. The third-order valence-corrected chi connectivity index (χ3v) is 4.64. The van der Waals surface area contributed by atoms with E-state index in [1.807, 2.05) is 13.0 Å². The van der Waals surface area contributed by atoms with E-state index >= 15 is 0 Å². The lowest BCUT2D eigenvalue weighted by Crippen LogP contribution is -2.38. The van der Waals surface area contributed by atoms with Crippen molar-refractivity contribution in [2.24, 2.45) is 0 Å². The lowest BCUT2D eigenvalue weighted by atomic mass is 9.95. The summed E-state index contributed by atoms with van der Waals surface area (Å²) in [5.41, 5.74) is 2.00. The SMILES string of the molecule is Cc1cc(CCC(=O)N(C)C)nc(C2CCN(C(C)C)CC2)n1. The molecule has 0 bridgehead atoms. The van der Waals surface area contributed by atoms with Crippen LogP contribution < -0.4 is 0 Å². The van der Waals surface area contributed by atoms with Crippen LogP contribution in [0.1, 0.15) is 56.2 Å². The molecule has 5 nitrogen and oxygen atoms in total. The third kappa shape index (κ3) is 4.99. The summed E-state index contributed by atoms with van der Waals surface area (Å²) in [5.74, 6) is 1.57. The summed E-state index contributed by atoms with van der Waals surface area (Å²) < 4.78 is 0. The highest BCUT2D eigenvalue weighted by atomic mass is 16.2. The molecule has 23 heavy (non-hydrogen) atoms. The van der Waals surface area contributed by atoms with Crippen LogP contribution in [0.15, 0.2) is 6.07 Å². The minimum absolute atomic E-state index is 0.146. The van der Waals surface area contributed by atoms with E-state index in [9.17, 15) is 4.79 Å². The fourth-order valence-corrected chi connectivity index (χ4v) is 3.10. The molecule has 0 spiro atoms. The van der Waals surface area contributed by atoms with Crippen molar-refractivity contribution in [1.82, 2.24) is 19.8 Å². The molecule has 1 aliphatic rings. The summed E-state index contributed by atoms with van der Waals surface area (Å²) in [6.07, 6.45) is 3.45. The normalized spacial score (nSPS) is 16.8. The van der Waals surface area contributed by atoms with Gasteiger partial charge in [-0.25, -0.2) is 9.97 Å². The number of hydrogen-bond donors (Lipinski definition) is 0. The molecule has 0 N–H and O–H groups in total. The first-order valence-electron chi connectivity index (χ1n) is 8.65. The quantitative estimate of drug-likeness (QED) is 0.836. The molecule has 0 aliphatic carbocycles. The molecule has 1 aromatic rings.